The van der Waals surface area contributed by atoms with E-state index in [1.54, 1.807) is 0 Å². The summed E-state index contributed by atoms with van der Waals surface area (Å²) < 4.78 is 0. The van der Waals surface area contributed by atoms with Crippen LogP contribution in [-0.4, -0.2) is 24.0 Å². The second-order valence-electron chi connectivity index (χ2n) is 4.78. The van der Waals surface area contributed by atoms with Crippen molar-refractivity contribution in [2.24, 2.45) is 0 Å². The van der Waals surface area contributed by atoms with Crippen LogP contribution in [0.1, 0.15) is 36.9 Å². The van der Waals surface area contributed by atoms with Gasteiger partial charge >= 0.3 is 6.03 Å². The van der Waals surface area contributed by atoms with E-state index in [9.17, 15) is 4.79 Å². The number of aryl methyl sites for hydroxylation is 1. The number of rotatable bonds is 2. The quantitative estimate of drug-likeness (QED) is 0.835. The summed E-state index contributed by atoms with van der Waals surface area (Å²) >= 11 is 0. The van der Waals surface area contributed by atoms with Gasteiger partial charge in [0, 0.05) is 13.1 Å². The van der Waals surface area contributed by atoms with Gasteiger partial charge in [-0.25, -0.2) is 4.79 Å². The maximum absolute atomic E-state index is 11.9. The molecule has 0 spiro atoms. The molecule has 1 aromatic rings. The first-order chi connectivity index (χ1) is 8.16. The van der Waals surface area contributed by atoms with E-state index in [4.69, 9.17) is 0 Å². The lowest BCUT2D eigenvalue weighted by Crippen LogP contribution is -2.39. The Balaban J connectivity index is 1.93. The van der Waals surface area contributed by atoms with Crippen LogP contribution in [0, 0.1) is 6.92 Å². The smallest absolute Gasteiger partial charge is 0.317 e. The first kappa shape index (κ1) is 12.0. The van der Waals surface area contributed by atoms with E-state index in [2.05, 4.69) is 36.5 Å². The van der Waals surface area contributed by atoms with Gasteiger partial charge in [-0.1, -0.05) is 29.8 Å². The second kappa shape index (κ2) is 5.21. The molecular formula is C14H20N2O. The molecule has 1 heterocycles. The number of hydrogen-bond acceptors (Lipinski definition) is 1. The van der Waals surface area contributed by atoms with E-state index in [-0.39, 0.29) is 12.1 Å². The van der Waals surface area contributed by atoms with Gasteiger partial charge in [-0.05, 0) is 32.3 Å². The van der Waals surface area contributed by atoms with Crippen LogP contribution in [0.15, 0.2) is 24.3 Å². The number of amides is 2. The van der Waals surface area contributed by atoms with E-state index in [1.807, 2.05) is 11.8 Å². The maximum Gasteiger partial charge on any atom is 0.317 e. The summed E-state index contributed by atoms with van der Waals surface area (Å²) in [6, 6.07) is 8.44. The van der Waals surface area contributed by atoms with Crippen LogP contribution in [0.4, 0.5) is 4.79 Å². The summed E-state index contributed by atoms with van der Waals surface area (Å²) in [5.74, 6) is 0. The lowest BCUT2D eigenvalue weighted by molar-refractivity contribution is 0.205. The van der Waals surface area contributed by atoms with Crippen molar-refractivity contribution in [2.45, 2.75) is 32.7 Å². The van der Waals surface area contributed by atoms with Crippen LogP contribution in [-0.2, 0) is 0 Å². The molecule has 0 bridgehead atoms. The van der Waals surface area contributed by atoms with E-state index < -0.39 is 0 Å². The third-order valence-corrected chi connectivity index (χ3v) is 3.31. The molecule has 1 fully saturated rings. The first-order valence-corrected chi connectivity index (χ1v) is 6.29. The molecule has 2 amide bonds. The molecule has 3 nitrogen and oxygen atoms in total. The average Bonchev–Trinajstić information content (AvgIpc) is 2.83. The highest BCUT2D eigenvalue weighted by Crippen LogP contribution is 2.14. The standard InChI is InChI=1S/C14H20N2O/c1-11-5-7-13(8-6-11)12(2)15-14(17)16-9-3-4-10-16/h5-8,12H,3-4,9-10H2,1-2H3,(H,15,17). The van der Waals surface area contributed by atoms with Crippen LogP contribution < -0.4 is 5.32 Å². The minimum absolute atomic E-state index is 0.0653. The summed E-state index contributed by atoms with van der Waals surface area (Å²) in [6.45, 7) is 5.88. The minimum Gasteiger partial charge on any atom is -0.331 e. The van der Waals surface area contributed by atoms with E-state index >= 15 is 0 Å². The van der Waals surface area contributed by atoms with E-state index in [0.29, 0.717) is 0 Å². The van der Waals surface area contributed by atoms with Crippen molar-refractivity contribution in [1.29, 1.82) is 0 Å². The minimum atomic E-state index is 0.0653. The fourth-order valence-electron chi connectivity index (χ4n) is 2.14. The molecule has 1 aromatic carbocycles. The third-order valence-electron chi connectivity index (χ3n) is 3.31. The summed E-state index contributed by atoms with van der Waals surface area (Å²) in [5.41, 5.74) is 2.40. The maximum atomic E-state index is 11.9. The Hall–Kier alpha value is -1.51. The molecule has 92 valence electrons. The van der Waals surface area contributed by atoms with Crippen LogP contribution in [0.25, 0.3) is 0 Å². The zero-order chi connectivity index (χ0) is 12.3. The molecule has 0 aliphatic carbocycles. The number of hydrogen-bond donors (Lipinski definition) is 1. The monoisotopic (exact) mass is 232 g/mol. The summed E-state index contributed by atoms with van der Waals surface area (Å²) in [5, 5.41) is 3.04. The Morgan fingerprint density at radius 2 is 1.82 bits per heavy atom. The van der Waals surface area contributed by atoms with Gasteiger partial charge in [0.1, 0.15) is 0 Å². The number of benzene rings is 1. The summed E-state index contributed by atoms with van der Waals surface area (Å²) in [7, 11) is 0. The predicted molar refractivity (Wildman–Crippen MR) is 68.9 cm³/mol. The number of likely N-dealkylation sites (tertiary alicyclic amines) is 1. The number of carbonyl (C=O) groups is 1. The number of urea groups is 1. The Morgan fingerprint density at radius 3 is 2.41 bits per heavy atom. The van der Waals surface area contributed by atoms with Crippen LogP contribution in [0.3, 0.4) is 0 Å². The fraction of sp³-hybridized carbons (Fsp3) is 0.500. The van der Waals surface area contributed by atoms with Crippen molar-refractivity contribution >= 4 is 6.03 Å². The second-order valence-corrected chi connectivity index (χ2v) is 4.78. The zero-order valence-corrected chi connectivity index (χ0v) is 10.6. The predicted octanol–water partition coefficient (Wildman–Crippen LogP) is 2.86. The molecule has 1 aliphatic heterocycles. The van der Waals surface area contributed by atoms with Gasteiger partial charge in [0.15, 0.2) is 0 Å². The highest BCUT2D eigenvalue weighted by Gasteiger charge is 2.19. The topological polar surface area (TPSA) is 32.3 Å². The van der Waals surface area contributed by atoms with Gasteiger partial charge in [-0.2, -0.15) is 0 Å². The van der Waals surface area contributed by atoms with Crippen molar-refractivity contribution in [3.63, 3.8) is 0 Å². The van der Waals surface area contributed by atoms with E-state index in [1.165, 1.54) is 5.56 Å². The van der Waals surface area contributed by atoms with Gasteiger partial charge < -0.3 is 10.2 Å². The van der Waals surface area contributed by atoms with Crippen molar-refractivity contribution in [3.05, 3.63) is 35.4 Å². The lowest BCUT2D eigenvalue weighted by atomic mass is 10.1. The van der Waals surface area contributed by atoms with Crippen molar-refractivity contribution < 1.29 is 4.79 Å². The molecule has 1 saturated heterocycles. The van der Waals surface area contributed by atoms with Crippen molar-refractivity contribution in [1.82, 2.24) is 10.2 Å². The zero-order valence-electron chi connectivity index (χ0n) is 10.6. The van der Waals surface area contributed by atoms with Gasteiger partial charge in [-0.15, -0.1) is 0 Å². The third kappa shape index (κ3) is 2.99. The molecule has 1 aliphatic rings. The first-order valence-electron chi connectivity index (χ1n) is 6.29. The van der Waals surface area contributed by atoms with Crippen LogP contribution in [0.5, 0.6) is 0 Å². The normalized spacial score (nSPS) is 16.9. The molecular weight excluding hydrogens is 212 g/mol. The lowest BCUT2D eigenvalue weighted by Gasteiger charge is -2.20. The Kier molecular flexibility index (Phi) is 3.67. The molecule has 0 radical (unpaired) electrons. The van der Waals surface area contributed by atoms with Crippen LogP contribution >= 0.6 is 0 Å². The molecule has 1 unspecified atom stereocenters. The number of nitrogens with one attached hydrogen (secondary N) is 1. The largest absolute Gasteiger partial charge is 0.331 e. The molecule has 3 heteroatoms. The highest BCUT2D eigenvalue weighted by atomic mass is 16.2. The van der Waals surface area contributed by atoms with Gasteiger partial charge in [0.25, 0.3) is 0 Å². The molecule has 17 heavy (non-hydrogen) atoms. The molecule has 1 atom stereocenters. The van der Waals surface area contributed by atoms with Crippen LogP contribution in [0.2, 0.25) is 0 Å². The number of carbonyl (C=O) groups excluding carboxylic acids is 1. The number of nitrogens with zero attached hydrogens (tertiary/aromatic N) is 1. The SMILES string of the molecule is Cc1ccc(C(C)NC(=O)N2CCCC2)cc1. The van der Waals surface area contributed by atoms with E-state index in [0.717, 1.165) is 31.5 Å². The highest BCUT2D eigenvalue weighted by molar-refractivity contribution is 5.74. The molecule has 2 rings (SSSR count). The van der Waals surface area contributed by atoms with Gasteiger partial charge in [0.2, 0.25) is 0 Å². The Morgan fingerprint density at radius 1 is 1.24 bits per heavy atom. The average molecular weight is 232 g/mol. The fourth-order valence-corrected chi connectivity index (χ4v) is 2.14. The van der Waals surface area contributed by atoms with Gasteiger partial charge in [-0.3, -0.25) is 0 Å². The van der Waals surface area contributed by atoms with Gasteiger partial charge in [0.05, 0.1) is 6.04 Å². The van der Waals surface area contributed by atoms with Crippen molar-refractivity contribution in [2.75, 3.05) is 13.1 Å². The Labute approximate surface area is 103 Å². The Bertz CT molecular complexity index is 380. The molecule has 0 aromatic heterocycles. The van der Waals surface area contributed by atoms with Crippen molar-refractivity contribution in [3.8, 4) is 0 Å². The summed E-state index contributed by atoms with van der Waals surface area (Å²) in [4.78, 5) is 13.8. The molecule has 1 N–H and O–H groups in total. The summed E-state index contributed by atoms with van der Waals surface area (Å²) in [6.07, 6.45) is 2.26. The molecule has 0 saturated carbocycles.